The van der Waals surface area contributed by atoms with Crippen molar-refractivity contribution in [3.05, 3.63) is 71.5 Å². The summed E-state index contributed by atoms with van der Waals surface area (Å²) in [6, 6.07) is 16.2. The van der Waals surface area contributed by atoms with E-state index < -0.39 is 10.8 Å². The predicted molar refractivity (Wildman–Crippen MR) is 73.3 cm³/mol. The van der Waals surface area contributed by atoms with Crippen LogP contribution < -0.4 is 0 Å². The molecule has 0 fully saturated rings. The van der Waals surface area contributed by atoms with Crippen LogP contribution in [0.3, 0.4) is 0 Å². The van der Waals surface area contributed by atoms with E-state index in [-0.39, 0.29) is 5.82 Å². The standard InChI is InChI=1S/C15H15FOS/c16-15-8-6-14(7-9-15)12-18(17)11-10-13-4-2-1-3-5-13/h1-9H,10-12H2. The van der Waals surface area contributed by atoms with Crippen molar-refractivity contribution in [3.8, 4) is 0 Å². The molecule has 0 radical (unpaired) electrons. The lowest BCUT2D eigenvalue weighted by molar-refractivity contribution is 0.627. The molecule has 2 aromatic rings. The van der Waals surface area contributed by atoms with Crippen molar-refractivity contribution in [3.63, 3.8) is 0 Å². The highest BCUT2D eigenvalue weighted by molar-refractivity contribution is 7.84. The summed E-state index contributed by atoms with van der Waals surface area (Å²) in [5.41, 5.74) is 2.12. The SMILES string of the molecule is O=S(CCc1ccccc1)Cc1ccc(F)cc1. The Labute approximate surface area is 109 Å². The Morgan fingerprint density at radius 3 is 2.22 bits per heavy atom. The molecule has 1 unspecified atom stereocenters. The molecule has 0 aliphatic carbocycles. The van der Waals surface area contributed by atoms with Crippen molar-refractivity contribution >= 4 is 10.8 Å². The van der Waals surface area contributed by atoms with Gasteiger partial charge in [0.1, 0.15) is 5.82 Å². The normalized spacial score (nSPS) is 12.3. The predicted octanol–water partition coefficient (Wildman–Crippen LogP) is 3.32. The van der Waals surface area contributed by atoms with Crippen LogP contribution in [-0.4, -0.2) is 9.96 Å². The van der Waals surface area contributed by atoms with E-state index in [9.17, 15) is 8.60 Å². The van der Waals surface area contributed by atoms with Crippen molar-refractivity contribution in [2.75, 3.05) is 5.75 Å². The summed E-state index contributed by atoms with van der Waals surface area (Å²) in [5.74, 6) is 0.878. The van der Waals surface area contributed by atoms with Gasteiger partial charge in [-0.3, -0.25) is 4.21 Å². The van der Waals surface area contributed by atoms with Crippen molar-refractivity contribution in [2.45, 2.75) is 12.2 Å². The monoisotopic (exact) mass is 262 g/mol. The molecule has 0 saturated heterocycles. The fourth-order valence-corrected chi connectivity index (χ4v) is 2.89. The summed E-state index contributed by atoms with van der Waals surface area (Å²) in [5, 5.41) is 0. The van der Waals surface area contributed by atoms with E-state index in [0.29, 0.717) is 11.5 Å². The summed E-state index contributed by atoms with van der Waals surface area (Å²) in [6.45, 7) is 0. The Balaban J connectivity index is 1.84. The van der Waals surface area contributed by atoms with Gasteiger partial charge in [-0.2, -0.15) is 0 Å². The van der Waals surface area contributed by atoms with E-state index in [4.69, 9.17) is 0 Å². The van der Waals surface area contributed by atoms with Crippen LogP contribution in [0.25, 0.3) is 0 Å². The highest BCUT2D eigenvalue weighted by Crippen LogP contribution is 2.07. The minimum atomic E-state index is -0.901. The van der Waals surface area contributed by atoms with Crippen molar-refractivity contribution in [2.24, 2.45) is 0 Å². The highest BCUT2D eigenvalue weighted by atomic mass is 32.2. The lowest BCUT2D eigenvalue weighted by atomic mass is 10.2. The third-order valence-corrected chi connectivity index (χ3v) is 4.02. The maximum absolute atomic E-state index is 12.7. The van der Waals surface area contributed by atoms with Gasteiger partial charge >= 0.3 is 0 Å². The topological polar surface area (TPSA) is 17.1 Å². The first-order valence-electron chi connectivity index (χ1n) is 5.87. The maximum atomic E-state index is 12.7. The molecule has 0 aliphatic heterocycles. The van der Waals surface area contributed by atoms with Crippen LogP contribution in [0.5, 0.6) is 0 Å². The van der Waals surface area contributed by atoms with E-state index >= 15 is 0 Å². The fraction of sp³-hybridized carbons (Fsp3) is 0.200. The van der Waals surface area contributed by atoms with Gasteiger partial charge in [0.2, 0.25) is 0 Å². The molecule has 0 aromatic heterocycles. The van der Waals surface area contributed by atoms with E-state index in [1.807, 2.05) is 30.3 Å². The molecule has 2 rings (SSSR count). The van der Waals surface area contributed by atoms with Crippen molar-refractivity contribution in [1.29, 1.82) is 0 Å². The minimum absolute atomic E-state index is 0.256. The Bertz CT molecular complexity index is 508. The van der Waals surface area contributed by atoms with E-state index in [2.05, 4.69) is 0 Å². The quantitative estimate of drug-likeness (QED) is 0.808. The van der Waals surface area contributed by atoms with Crippen LogP contribution in [0.1, 0.15) is 11.1 Å². The van der Waals surface area contributed by atoms with Gasteiger partial charge in [-0.25, -0.2) is 4.39 Å². The average Bonchev–Trinajstić information content (AvgIpc) is 2.40. The number of hydrogen-bond donors (Lipinski definition) is 0. The Morgan fingerprint density at radius 1 is 0.889 bits per heavy atom. The van der Waals surface area contributed by atoms with Gasteiger partial charge in [0.15, 0.2) is 0 Å². The number of aryl methyl sites for hydroxylation is 1. The van der Waals surface area contributed by atoms with Crippen molar-refractivity contribution < 1.29 is 8.60 Å². The highest BCUT2D eigenvalue weighted by Gasteiger charge is 2.03. The molecule has 0 heterocycles. The molecule has 0 aliphatic rings. The lowest BCUT2D eigenvalue weighted by Crippen LogP contribution is -2.04. The Morgan fingerprint density at radius 2 is 1.56 bits per heavy atom. The van der Waals surface area contributed by atoms with E-state index in [0.717, 1.165) is 12.0 Å². The molecular weight excluding hydrogens is 247 g/mol. The van der Waals surface area contributed by atoms with Gasteiger partial charge < -0.3 is 0 Å². The lowest BCUT2D eigenvalue weighted by Gasteiger charge is -2.03. The third kappa shape index (κ3) is 4.08. The zero-order valence-electron chi connectivity index (χ0n) is 10.0. The molecule has 0 N–H and O–H groups in total. The molecule has 18 heavy (non-hydrogen) atoms. The molecule has 0 amide bonds. The summed E-state index contributed by atoms with van der Waals surface area (Å²) < 4.78 is 24.6. The first-order valence-corrected chi connectivity index (χ1v) is 7.36. The second-order valence-electron chi connectivity index (χ2n) is 4.15. The van der Waals surface area contributed by atoms with Crippen LogP contribution in [0.4, 0.5) is 4.39 Å². The number of rotatable bonds is 5. The summed E-state index contributed by atoms with van der Waals surface area (Å²) in [7, 11) is -0.901. The third-order valence-electron chi connectivity index (χ3n) is 2.70. The van der Waals surface area contributed by atoms with Gasteiger partial charge in [-0.05, 0) is 29.7 Å². The summed E-state index contributed by atoms with van der Waals surface area (Å²) >= 11 is 0. The second kappa shape index (κ2) is 6.45. The first kappa shape index (κ1) is 13.0. The van der Waals surface area contributed by atoms with Crippen LogP contribution in [0, 0.1) is 5.82 Å². The molecule has 0 spiro atoms. The van der Waals surface area contributed by atoms with Crippen LogP contribution in [0.2, 0.25) is 0 Å². The van der Waals surface area contributed by atoms with Crippen molar-refractivity contribution in [1.82, 2.24) is 0 Å². The molecule has 1 nitrogen and oxygen atoms in total. The van der Waals surface area contributed by atoms with E-state index in [1.165, 1.54) is 17.7 Å². The van der Waals surface area contributed by atoms with Crippen LogP contribution >= 0.6 is 0 Å². The molecular formula is C15H15FOS. The largest absolute Gasteiger partial charge is 0.259 e. The van der Waals surface area contributed by atoms with E-state index in [1.54, 1.807) is 12.1 Å². The van der Waals surface area contributed by atoms with Gasteiger partial charge in [0, 0.05) is 22.3 Å². The Kier molecular flexibility index (Phi) is 4.65. The number of benzene rings is 2. The maximum Gasteiger partial charge on any atom is 0.123 e. The van der Waals surface area contributed by atoms with Gasteiger partial charge in [-0.1, -0.05) is 42.5 Å². The van der Waals surface area contributed by atoms with Crippen LogP contribution in [-0.2, 0) is 23.0 Å². The zero-order chi connectivity index (χ0) is 12.8. The number of hydrogen-bond acceptors (Lipinski definition) is 1. The van der Waals surface area contributed by atoms with Gasteiger partial charge in [0.25, 0.3) is 0 Å². The molecule has 0 saturated carbocycles. The molecule has 94 valence electrons. The zero-order valence-corrected chi connectivity index (χ0v) is 10.8. The smallest absolute Gasteiger partial charge is 0.123 e. The minimum Gasteiger partial charge on any atom is -0.259 e. The number of halogens is 1. The molecule has 3 heteroatoms. The first-order chi connectivity index (χ1) is 8.74. The van der Waals surface area contributed by atoms with Gasteiger partial charge in [0.05, 0.1) is 0 Å². The average molecular weight is 262 g/mol. The van der Waals surface area contributed by atoms with Crippen LogP contribution in [0.15, 0.2) is 54.6 Å². The molecule has 1 atom stereocenters. The Hall–Kier alpha value is -1.48. The second-order valence-corrected chi connectivity index (χ2v) is 5.73. The summed E-state index contributed by atoms with van der Waals surface area (Å²) in [6.07, 6.45) is 0.814. The van der Waals surface area contributed by atoms with Gasteiger partial charge in [-0.15, -0.1) is 0 Å². The molecule has 0 bridgehead atoms. The molecule has 2 aromatic carbocycles. The fourth-order valence-electron chi connectivity index (χ4n) is 1.72. The summed E-state index contributed by atoms with van der Waals surface area (Å²) in [4.78, 5) is 0.